The number of nitrogens with zero attached hydrogens (tertiary/aromatic N) is 2. The van der Waals surface area contributed by atoms with Gasteiger partial charge in [-0.2, -0.15) is 0 Å². The van der Waals surface area contributed by atoms with Crippen molar-refractivity contribution >= 4 is 50.5 Å². The lowest BCUT2D eigenvalue weighted by Gasteiger charge is -2.44. The molecule has 2 aliphatic rings. The number of furan rings is 1. The molecule has 2 bridgehead atoms. The zero-order valence-electron chi connectivity index (χ0n) is 20.4. The first-order valence-corrected chi connectivity index (χ1v) is 14.1. The van der Waals surface area contributed by atoms with Crippen LogP contribution in [-0.4, -0.2) is 29.5 Å². The van der Waals surface area contributed by atoms with Gasteiger partial charge in [0.15, 0.2) is 10.4 Å². The number of carbonyl (C=O) groups excluding carboxylic acids is 2. The number of hydrogen-bond acceptors (Lipinski definition) is 6. The van der Waals surface area contributed by atoms with E-state index in [0.29, 0.717) is 41.5 Å². The fourth-order valence-electron chi connectivity index (χ4n) is 5.45. The summed E-state index contributed by atoms with van der Waals surface area (Å²) in [5.41, 5.74) is 2.92. The second-order valence-corrected chi connectivity index (χ2v) is 11.5. The number of amides is 2. The van der Waals surface area contributed by atoms with Gasteiger partial charge in [-0.15, -0.1) is 11.3 Å². The molecule has 6 rings (SSSR count). The second-order valence-electron chi connectivity index (χ2n) is 9.65. The molecule has 1 saturated heterocycles. The molecule has 0 aliphatic carbocycles. The summed E-state index contributed by atoms with van der Waals surface area (Å²) in [7, 11) is 0. The third kappa shape index (κ3) is 4.93. The van der Waals surface area contributed by atoms with Crippen molar-refractivity contribution in [3.05, 3.63) is 103 Å². The lowest BCUT2D eigenvalue weighted by atomic mass is 9.83. The quantitative estimate of drug-likeness (QED) is 0.326. The summed E-state index contributed by atoms with van der Waals surface area (Å²) in [6.45, 7) is 2.57. The summed E-state index contributed by atoms with van der Waals surface area (Å²) in [6, 6.07) is 18.1. The van der Waals surface area contributed by atoms with Crippen molar-refractivity contribution in [1.82, 2.24) is 9.88 Å². The first-order chi connectivity index (χ1) is 18.4. The number of carbonyl (C=O) groups is 2. The molecule has 2 unspecified atom stereocenters. The maximum atomic E-state index is 13.0. The maximum absolute atomic E-state index is 13.0. The standard InChI is InChI=1S/C28H25BrN4O4S/c29-25-9-8-24(37-25)28(36)31-21-12-18(27(35)30-13-20-3-2-10-38-20)6-7-23(21)32-14-17-11-19(16-32)22-4-1-5-26(34)33(22)15-17/h1-10,12,17,19H,11,13-16H2,(H,30,35)(H,31,36). The van der Waals surface area contributed by atoms with Crippen LogP contribution in [0.15, 0.2) is 79.9 Å². The number of anilines is 2. The van der Waals surface area contributed by atoms with Gasteiger partial charge in [0, 0.05) is 47.8 Å². The van der Waals surface area contributed by atoms with Crippen molar-refractivity contribution in [3.63, 3.8) is 0 Å². The summed E-state index contributed by atoms with van der Waals surface area (Å²) >= 11 is 4.82. The molecule has 0 radical (unpaired) electrons. The van der Waals surface area contributed by atoms with Gasteiger partial charge < -0.3 is 24.5 Å². The molecule has 38 heavy (non-hydrogen) atoms. The number of aromatic nitrogens is 1. The first-order valence-electron chi connectivity index (χ1n) is 12.4. The third-order valence-electron chi connectivity index (χ3n) is 7.13. The molecule has 2 N–H and O–H groups in total. The van der Waals surface area contributed by atoms with E-state index in [9.17, 15) is 14.4 Å². The van der Waals surface area contributed by atoms with E-state index in [0.717, 1.165) is 29.2 Å². The fourth-order valence-corrected chi connectivity index (χ4v) is 6.40. The van der Waals surface area contributed by atoms with Gasteiger partial charge in [-0.05, 0) is 76.1 Å². The number of thiophene rings is 1. The SMILES string of the molecule is O=C(NCc1cccs1)c1ccc(N2CC3CC(C2)c2cccc(=O)n2C3)c(NC(=O)c2ccc(Br)o2)c1. The van der Waals surface area contributed by atoms with Gasteiger partial charge in [0.05, 0.1) is 17.9 Å². The van der Waals surface area contributed by atoms with E-state index >= 15 is 0 Å². The molecule has 3 aromatic heterocycles. The van der Waals surface area contributed by atoms with Crippen molar-refractivity contribution < 1.29 is 14.0 Å². The van der Waals surface area contributed by atoms with Crippen LogP contribution in [-0.2, 0) is 13.1 Å². The van der Waals surface area contributed by atoms with E-state index < -0.39 is 5.91 Å². The van der Waals surface area contributed by atoms with Crippen LogP contribution in [0.3, 0.4) is 0 Å². The molecule has 0 saturated carbocycles. The van der Waals surface area contributed by atoms with Gasteiger partial charge in [0.2, 0.25) is 0 Å². The first kappa shape index (κ1) is 24.7. The molecule has 1 fully saturated rings. The molecule has 2 amide bonds. The van der Waals surface area contributed by atoms with Crippen molar-refractivity contribution in [2.24, 2.45) is 5.92 Å². The average Bonchev–Trinajstić information content (AvgIpc) is 3.60. The Balaban J connectivity index is 1.30. The molecular weight excluding hydrogens is 568 g/mol. The molecule has 0 spiro atoms. The highest BCUT2D eigenvalue weighted by atomic mass is 79.9. The van der Waals surface area contributed by atoms with Crippen LogP contribution in [0.1, 0.15) is 43.8 Å². The van der Waals surface area contributed by atoms with Crippen LogP contribution in [0.25, 0.3) is 0 Å². The Morgan fingerprint density at radius 1 is 1.03 bits per heavy atom. The van der Waals surface area contributed by atoms with Crippen molar-refractivity contribution in [3.8, 4) is 0 Å². The van der Waals surface area contributed by atoms with Gasteiger partial charge in [-0.3, -0.25) is 14.4 Å². The van der Waals surface area contributed by atoms with Crippen LogP contribution in [0.5, 0.6) is 0 Å². The predicted molar refractivity (Wildman–Crippen MR) is 150 cm³/mol. The van der Waals surface area contributed by atoms with Gasteiger partial charge >= 0.3 is 0 Å². The molecule has 2 aliphatic heterocycles. The minimum Gasteiger partial charge on any atom is -0.444 e. The smallest absolute Gasteiger partial charge is 0.291 e. The lowest BCUT2D eigenvalue weighted by molar-refractivity contribution is 0.0949. The van der Waals surface area contributed by atoms with E-state index in [2.05, 4.69) is 31.5 Å². The third-order valence-corrected chi connectivity index (χ3v) is 8.43. The van der Waals surface area contributed by atoms with E-state index in [4.69, 9.17) is 4.42 Å². The fraction of sp³-hybridized carbons (Fsp3) is 0.250. The normalized spacial score (nSPS) is 18.1. The molecule has 2 atom stereocenters. The minimum atomic E-state index is -0.401. The van der Waals surface area contributed by atoms with Crippen LogP contribution < -0.4 is 21.1 Å². The van der Waals surface area contributed by atoms with Crippen LogP contribution >= 0.6 is 27.3 Å². The Morgan fingerprint density at radius 3 is 2.71 bits per heavy atom. The highest BCUT2D eigenvalue weighted by molar-refractivity contribution is 9.10. The Labute approximate surface area is 231 Å². The predicted octanol–water partition coefficient (Wildman–Crippen LogP) is 5.07. The Kier molecular flexibility index (Phi) is 6.67. The second kappa shape index (κ2) is 10.3. The molecule has 4 aromatic rings. The van der Waals surface area contributed by atoms with Gasteiger partial charge in [0.1, 0.15) is 0 Å². The monoisotopic (exact) mass is 592 g/mol. The topological polar surface area (TPSA) is 96.6 Å². The number of fused-ring (bicyclic) bond motifs is 4. The lowest BCUT2D eigenvalue weighted by Crippen LogP contribution is -2.47. The van der Waals surface area contributed by atoms with Crippen LogP contribution in [0.4, 0.5) is 11.4 Å². The minimum absolute atomic E-state index is 0.0427. The van der Waals surface area contributed by atoms with E-state index in [1.54, 1.807) is 41.7 Å². The number of piperidine rings is 1. The molecule has 194 valence electrons. The molecule has 10 heteroatoms. The summed E-state index contributed by atoms with van der Waals surface area (Å²) in [6.07, 6.45) is 1.02. The van der Waals surface area contributed by atoms with Gasteiger partial charge in [-0.25, -0.2) is 0 Å². The Bertz CT molecular complexity index is 1560. The summed E-state index contributed by atoms with van der Waals surface area (Å²) in [5, 5.41) is 7.89. The summed E-state index contributed by atoms with van der Waals surface area (Å²) < 4.78 is 7.81. The van der Waals surface area contributed by atoms with E-state index in [-0.39, 0.29) is 23.1 Å². The molecule has 1 aromatic carbocycles. The largest absolute Gasteiger partial charge is 0.444 e. The van der Waals surface area contributed by atoms with E-state index in [1.165, 1.54) is 0 Å². The zero-order chi connectivity index (χ0) is 26.2. The van der Waals surface area contributed by atoms with Crippen LogP contribution in [0.2, 0.25) is 0 Å². The number of hydrogen-bond donors (Lipinski definition) is 2. The average molecular weight is 594 g/mol. The summed E-state index contributed by atoms with van der Waals surface area (Å²) in [5.74, 6) is 0.0563. The van der Waals surface area contributed by atoms with Crippen LogP contribution in [0, 0.1) is 5.92 Å². The highest BCUT2D eigenvalue weighted by Gasteiger charge is 2.35. The van der Waals surface area contributed by atoms with E-state index in [1.807, 2.05) is 40.3 Å². The van der Waals surface area contributed by atoms with Crippen molar-refractivity contribution in [1.29, 1.82) is 0 Å². The number of rotatable bonds is 6. The molecule has 5 heterocycles. The Morgan fingerprint density at radius 2 is 1.92 bits per heavy atom. The summed E-state index contributed by atoms with van der Waals surface area (Å²) in [4.78, 5) is 41.8. The Hall–Kier alpha value is -3.63. The maximum Gasteiger partial charge on any atom is 0.291 e. The van der Waals surface area contributed by atoms with Crippen molar-refractivity contribution in [2.45, 2.75) is 25.4 Å². The number of pyridine rings is 1. The van der Waals surface area contributed by atoms with Gasteiger partial charge in [-0.1, -0.05) is 12.1 Å². The number of benzene rings is 1. The molecular formula is C28H25BrN4O4S. The van der Waals surface area contributed by atoms with Gasteiger partial charge in [0.25, 0.3) is 17.4 Å². The molecule has 8 nitrogen and oxygen atoms in total. The highest BCUT2D eigenvalue weighted by Crippen LogP contribution is 2.39. The number of halogens is 1. The number of nitrogens with one attached hydrogen (secondary N) is 2. The zero-order valence-corrected chi connectivity index (χ0v) is 22.8. The van der Waals surface area contributed by atoms with Crippen molar-refractivity contribution in [2.75, 3.05) is 23.3 Å².